The molecule has 1 heterocycles. The summed E-state index contributed by atoms with van der Waals surface area (Å²) >= 11 is 0. The van der Waals surface area contributed by atoms with Crippen LogP contribution in [0.5, 0.6) is 11.5 Å². The molecule has 3 N–H and O–H groups in total. The number of nitrogens with one attached hydrogen (secondary N) is 1. The molecule has 134 valence electrons. The van der Waals surface area contributed by atoms with Gasteiger partial charge in [0.25, 0.3) is 0 Å². The summed E-state index contributed by atoms with van der Waals surface area (Å²) in [5.41, 5.74) is 7.03. The molecule has 0 bridgehead atoms. The molecule has 1 amide bonds. The first kappa shape index (κ1) is 18.5. The Balaban J connectivity index is 1.89. The monoisotopic (exact) mass is 336 g/mol. The number of hydrogen-bond acceptors (Lipinski definition) is 5. The zero-order valence-corrected chi connectivity index (χ0v) is 14.5. The van der Waals surface area contributed by atoms with E-state index in [1.54, 1.807) is 7.11 Å². The molecule has 24 heavy (non-hydrogen) atoms. The van der Waals surface area contributed by atoms with Gasteiger partial charge in [-0.25, -0.2) is 0 Å². The SMILES string of the molecule is CCCOc1ccc(CNC(=O)C(N)C2CCOCC2)cc1OC. The van der Waals surface area contributed by atoms with Gasteiger partial charge in [-0.1, -0.05) is 13.0 Å². The fraction of sp³-hybridized carbons (Fsp3) is 0.611. The smallest absolute Gasteiger partial charge is 0.237 e. The Kier molecular flexibility index (Phi) is 7.34. The van der Waals surface area contributed by atoms with Crippen LogP contribution in [0, 0.1) is 5.92 Å². The Morgan fingerprint density at radius 3 is 2.79 bits per heavy atom. The molecular weight excluding hydrogens is 308 g/mol. The number of nitrogens with two attached hydrogens (primary N) is 1. The lowest BCUT2D eigenvalue weighted by molar-refractivity contribution is -0.124. The second-order valence-electron chi connectivity index (χ2n) is 6.03. The van der Waals surface area contributed by atoms with Gasteiger partial charge in [-0.2, -0.15) is 0 Å². The molecule has 0 spiro atoms. The van der Waals surface area contributed by atoms with Crippen LogP contribution in [0.15, 0.2) is 18.2 Å². The van der Waals surface area contributed by atoms with Gasteiger partial charge in [-0.15, -0.1) is 0 Å². The molecule has 1 atom stereocenters. The quantitative estimate of drug-likeness (QED) is 0.757. The summed E-state index contributed by atoms with van der Waals surface area (Å²) in [6, 6.07) is 5.19. The first-order valence-corrected chi connectivity index (χ1v) is 8.56. The summed E-state index contributed by atoms with van der Waals surface area (Å²) in [6.07, 6.45) is 2.61. The van der Waals surface area contributed by atoms with Gasteiger partial charge in [0.15, 0.2) is 11.5 Å². The Morgan fingerprint density at radius 1 is 1.38 bits per heavy atom. The maximum absolute atomic E-state index is 12.2. The Bertz CT molecular complexity index is 530. The van der Waals surface area contributed by atoms with Crippen LogP contribution in [0.25, 0.3) is 0 Å². The predicted molar refractivity (Wildman–Crippen MR) is 92.1 cm³/mol. The van der Waals surface area contributed by atoms with E-state index in [1.807, 2.05) is 18.2 Å². The number of ether oxygens (including phenoxy) is 3. The van der Waals surface area contributed by atoms with E-state index >= 15 is 0 Å². The van der Waals surface area contributed by atoms with Crippen LogP contribution in [-0.2, 0) is 16.1 Å². The van der Waals surface area contributed by atoms with Gasteiger partial charge < -0.3 is 25.3 Å². The molecule has 1 aromatic carbocycles. The first-order chi connectivity index (χ1) is 11.7. The van der Waals surface area contributed by atoms with E-state index in [9.17, 15) is 4.79 Å². The minimum absolute atomic E-state index is 0.118. The highest BCUT2D eigenvalue weighted by Crippen LogP contribution is 2.28. The Morgan fingerprint density at radius 2 is 2.12 bits per heavy atom. The van der Waals surface area contributed by atoms with E-state index in [0.717, 1.165) is 24.8 Å². The zero-order chi connectivity index (χ0) is 17.4. The van der Waals surface area contributed by atoms with Crippen LogP contribution in [0.2, 0.25) is 0 Å². The Hall–Kier alpha value is -1.79. The van der Waals surface area contributed by atoms with Crippen molar-refractivity contribution in [1.82, 2.24) is 5.32 Å². The van der Waals surface area contributed by atoms with Crippen LogP contribution in [0.1, 0.15) is 31.7 Å². The molecule has 1 saturated heterocycles. The maximum Gasteiger partial charge on any atom is 0.237 e. The van der Waals surface area contributed by atoms with E-state index in [2.05, 4.69) is 12.2 Å². The van der Waals surface area contributed by atoms with Crippen molar-refractivity contribution in [3.8, 4) is 11.5 Å². The molecule has 1 aliphatic heterocycles. The van der Waals surface area contributed by atoms with Gasteiger partial charge in [-0.05, 0) is 42.9 Å². The van der Waals surface area contributed by atoms with Crippen molar-refractivity contribution in [3.05, 3.63) is 23.8 Å². The fourth-order valence-electron chi connectivity index (χ4n) is 2.75. The summed E-state index contributed by atoms with van der Waals surface area (Å²) in [5, 5.41) is 2.91. The van der Waals surface area contributed by atoms with Gasteiger partial charge in [0.2, 0.25) is 5.91 Å². The van der Waals surface area contributed by atoms with Gasteiger partial charge in [0, 0.05) is 19.8 Å². The number of methoxy groups -OCH3 is 1. The second-order valence-corrected chi connectivity index (χ2v) is 6.03. The van der Waals surface area contributed by atoms with Crippen molar-refractivity contribution in [2.24, 2.45) is 11.7 Å². The summed E-state index contributed by atoms with van der Waals surface area (Å²) in [4.78, 5) is 12.2. The number of carbonyl (C=O) groups excluding carboxylic acids is 1. The molecule has 1 unspecified atom stereocenters. The highest BCUT2D eigenvalue weighted by atomic mass is 16.5. The summed E-state index contributed by atoms with van der Waals surface area (Å²) < 4.78 is 16.3. The molecule has 6 nitrogen and oxygen atoms in total. The summed E-state index contributed by atoms with van der Waals surface area (Å²) in [6.45, 7) is 4.48. The lowest BCUT2D eigenvalue weighted by atomic mass is 9.92. The third-order valence-corrected chi connectivity index (χ3v) is 4.23. The summed E-state index contributed by atoms with van der Waals surface area (Å²) in [7, 11) is 1.61. The molecule has 1 aliphatic rings. The number of hydrogen-bond donors (Lipinski definition) is 2. The van der Waals surface area contributed by atoms with Crippen molar-refractivity contribution in [3.63, 3.8) is 0 Å². The van der Waals surface area contributed by atoms with Crippen molar-refractivity contribution in [2.45, 2.75) is 38.8 Å². The zero-order valence-electron chi connectivity index (χ0n) is 14.5. The van der Waals surface area contributed by atoms with Crippen LogP contribution in [-0.4, -0.2) is 38.9 Å². The van der Waals surface area contributed by atoms with Crippen molar-refractivity contribution in [2.75, 3.05) is 26.9 Å². The second kappa shape index (κ2) is 9.49. The van der Waals surface area contributed by atoms with Gasteiger partial charge in [0.05, 0.1) is 19.8 Å². The molecule has 1 fully saturated rings. The normalized spacial score (nSPS) is 16.5. The molecule has 0 radical (unpaired) electrons. The Labute approximate surface area is 143 Å². The lowest BCUT2D eigenvalue weighted by Gasteiger charge is -2.26. The fourth-order valence-corrected chi connectivity index (χ4v) is 2.75. The van der Waals surface area contributed by atoms with Gasteiger partial charge in [-0.3, -0.25) is 4.79 Å². The molecule has 2 rings (SSSR count). The minimum Gasteiger partial charge on any atom is -0.493 e. The van der Waals surface area contributed by atoms with E-state index in [4.69, 9.17) is 19.9 Å². The lowest BCUT2D eigenvalue weighted by Crippen LogP contribution is -2.46. The average Bonchev–Trinajstić information content (AvgIpc) is 2.64. The van der Waals surface area contributed by atoms with Crippen molar-refractivity contribution in [1.29, 1.82) is 0 Å². The van der Waals surface area contributed by atoms with Crippen molar-refractivity contribution >= 4 is 5.91 Å². The highest BCUT2D eigenvalue weighted by Gasteiger charge is 2.26. The van der Waals surface area contributed by atoms with Gasteiger partial charge >= 0.3 is 0 Å². The molecule has 6 heteroatoms. The number of benzene rings is 1. The average molecular weight is 336 g/mol. The molecule has 0 aromatic heterocycles. The third-order valence-electron chi connectivity index (χ3n) is 4.23. The van der Waals surface area contributed by atoms with E-state index in [-0.39, 0.29) is 11.8 Å². The summed E-state index contributed by atoms with van der Waals surface area (Å²) in [5.74, 6) is 1.46. The molecular formula is C18H28N2O4. The minimum atomic E-state index is -0.483. The topological polar surface area (TPSA) is 82.8 Å². The van der Waals surface area contributed by atoms with Crippen LogP contribution < -0.4 is 20.5 Å². The first-order valence-electron chi connectivity index (χ1n) is 8.56. The largest absolute Gasteiger partial charge is 0.493 e. The van der Waals surface area contributed by atoms with Crippen LogP contribution in [0.4, 0.5) is 0 Å². The third kappa shape index (κ3) is 5.11. The molecule has 1 aromatic rings. The van der Waals surface area contributed by atoms with Gasteiger partial charge in [0.1, 0.15) is 0 Å². The van der Waals surface area contributed by atoms with Crippen molar-refractivity contribution < 1.29 is 19.0 Å². The number of rotatable bonds is 8. The van der Waals surface area contributed by atoms with E-state index in [0.29, 0.717) is 37.9 Å². The number of carbonyl (C=O) groups is 1. The van der Waals surface area contributed by atoms with E-state index < -0.39 is 6.04 Å². The number of amides is 1. The van der Waals surface area contributed by atoms with Crippen LogP contribution in [0.3, 0.4) is 0 Å². The van der Waals surface area contributed by atoms with Crippen LogP contribution >= 0.6 is 0 Å². The molecule has 0 saturated carbocycles. The highest BCUT2D eigenvalue weighted by molar-refractivity contribution is 5.81. The molecule has 0 aliphatic carbocycles. The predicted octanol–water partition coefficient (Wildman–Crippen LogP) is 1.85. The standard InChI is InChI=1S/C18H28N2O4/c1-3-8-24-15-5-4-13(11-16(15)22-2)12-20-18(21)17(19)14-6-9-23-10-7-14/h4-5,11,14,17H,3,6-10,12,19H2,1-2H3,(H,20,21). The van der Waals surface area contributed by atoms with E-state index in [1.165, 1.54) is 0 Å². The maximum atomic E-state index is 12.2.